The molecule has 1 aliphatic carbocycles. The molecule has 18 heavy (non-hydrogen) atoms. The van der Waals surface area contributed by atoms with Crippen molar-refractivity contribution in [2.24, 2.45) is 5.92 Å². The van der Waals surface area contributed by atoms with E-state index in [0.29, 0.717) is 18.4 Å². The van der Waals surface area contributed by atoms with Crippen molar-refractivity contribution < 1.29 is 14.3 Å². The SMILES string of the molecule is C=C1C(=O)OC2CC=C(C)C(=O)CC=C(C)CC12. The summed E-state index contributed by atoms with van der Waals surface area (Å²) in [5.41, 5.74) is 2.42. The molecule has 0 saturated carbocycles. The van der Waals surface area contributed by atoms with Crippen LogP contribution in [0.4, 0.5) is 0 Å². The Morgan fingerprint density at radius 2 is 2.00 bits per heavy atom. The first-order valence-electron chi connectivity index (χ1n) is 6.24. The largest absolute Gasteiger partial charge is 0.458 e. The van der Waals surface area contributed by atoms with Gasteiger partial charge in [0.15, 0.2) is 5.78 Å². The van der Waals surface area contributed by atoms with Crippen LogP contribution in [0.1, 0.15) is 33.1 Å². The van der Waals surface area contributed by atoms with Crippen molar-refractivity contribution in [1.82, 2.24) is 0 Å². The fraction of sp³-hybridized carbons (Fsp3) is 0.467. The number of esters is 1. The summed E-state index contributed by atoms with van der Waals surface area (Å²) in [6.07, 6.45) is 5.43. The van der Waals surface area contributed by atoms with Crippen molar-refractivity contribution in [3.63, 3.8) is 0 Å². The van der Waals surface area contributed by atoms with Gasteiger partial charge in [0.2, 0.25) is 0 Å². The molecule has 3 heteroatoms. The molecule has 0 amide bonds. The summed E-state index contributed by atoms with van der Waals surface area (Å²) in [6.45, 7) is 7.63. The van der Waals surface area contributed by atoms with E-state index in [0.717, 1.165) is 17.6 Å². The van der Waals surface area contributed by atoms with Gasteiger partial charge in [0.25, 0.3) is 0 Å². The number of carbonyl (C=O) groups is 2. The minimum absolute atomic E-state index is 0.0472. The summed E-state index contributed by atoms with van der Waals surface area (Å²) < 4.78 is 5.32. The maximum atomic E-state index is 11.8. The van der Waals surface area contributed by atoms with Crippen molar-refractivity contribution in [3.8, 4) is 0 Å². The highest BCUT2D eigenvalue weighted by Crippen LogP contribution is 2.34. The molecule has 0 aromatic carbocycles. The van der Waals surface area contributed by atoms with Crippen molar-refractivity contribution in [3.05, 3.63) is 35.5 Å². The molecule has 1 fully saturated rings. The van der Waals surface area contributed by atoms with Gasteiger partial charge in [-0.05, 0) is 25.8 Å². The molecule has 3 nitrogen and oxygen atoms in total. The molecule has 0 bridgehead atoms. The van der Waals surface area contributed by atoms with E-state index in [1.54, 1.807) is 0 Å². The van der Waals surface area contributed by atoms with E-state index in [2.05, 4.69) is 6.58 Å². The normalized spacial score (nSPS) is 29.3. The molecule has 2 unspecified atom stereocenters. The second kappa shape index (κ2) is 4.92. The predicted molar refractivity (Wildman–Crippen MR) is 68.9 cm³/mol. The second-order valence-corrected chi connectivity index (χ2v) is 5.08. The first kappa shape index (κ1) is 12.8. The van der Waals surface area contributed by atoms with Gasteiger partial charge >= 0.3 is 5.97 Å². The third-order valence-electron chi connectivity index (χ3n) is 3.69. The average molecular weight is 246 g/mol. The zero-order chi connectivity index (χ0) is 13.3. The van der Waals surface area contributed by atoms with Gasteiger partial charge in [-0.15, -0.1) is 0 Å². The Morgan fingerprint density at radius 3 is 2.72 bits per heavy atom. The first-order valence-corrected chi connectivity index (χ1v) is 6.24. The Morgan fingerprint density at radius 1 is 1.28 bits per heavy atom. The van der Waals surface area contributed by atoms with E-state index in [1.165, 1.54) is 0 Å². The number of fused-ring (bicyclic) bond motifs is 1. The van der Waals surface area contributed by atoms with Crippen molar-refractivity contribution in [2.75, 3.05) is 0 Å². The zero-order valence-corrected chi connectivity index (χ0v) is 10.9. The van der Waals surface area contributed by atoms with Crippen LogP contribution in [-0.4, -0.2) is 17.9 Å². The van der Waals surface area contributed by atoms with Gasteiger partial charge in [-0.25, -0.2) is 4.79 Å². The Kier molecular flexibility index (Phi) is 3.50. The predicted octanol–water partition coefficient (Wildman–Crippen LogP) is 2.73. The summed E-state index contributed by atoms with van der Waals surface area (Å²) in [5.74, 6) is -0.114. The van der Waals surface area contributed by atoms with E-state index in [4.69, 9.17) is 4.74 Å². The number of ketones is 1. The van der Waals surface area contributed by atoms with E-state index in [-0.39, 0.29) is 23.8 Å². The van der Waals surface area contributed by atoms with Gasteiger partial charge in [0, 0.05) is 24.3 Å². The van der Waals surface area contributed by atoms with Crippen LogP contribution in [0.2, 0.25) is 0 Å². The van der Waals surface area contributed by atoms with E-state index >= 15 is 0 Å². The molecule has 96 valence electrons. The summed E-state index contributed by atoms with van der Waals surface area (Å²) >= 11 is 0. The second-order valence-electron chi connectivity index (χ2n) is 5.08. The highest BCUT2D eigenvalue weighted by atomic mass is 16.6. The quantitative estimate of drug-likeness (QED) is 0.375. The number of ether oxygens (including phenoxy) is 1. The molecule has 0 aromatic rings. The summed E-state index contributed by atoms with van der Waals surface area (Å²) in [5, 5.41) is 0. The summed E-state index contributed by atoms with van der Waals surface area (Å²) in [4.78, 5) is 23.3. The fourth-order valence-corrected chi connectivity index (χ4v) is 2.40. The lowest BCUT2D eigenvalue weighted by Gasteiger charge is -2.18. The summed E-state index contributed by atoms with van der Waals surface area (Å²) in [6, 6.07) is 0. The number of Topliss-reactive ketones (excluding diaryl/α,β-unsaturated/α-hetero) is 1. The van der Waals surface area contributed by atoms with Crippen LogP contribution in [0.3, 0.4) is 0 Å². The van der Waals surface area contributed by atoms with Gasteiger partial charge in [-0.1, -0.05) is 24.3 Å². The van der Waals surface area contributed by atoms with E-state index < -0.39 is 0 Å². The minimum Gasteiger partial charge on any atom is -0.458 e. The lowest BCUT2D eigenvalue weighted by Crippen LogP contribution is -2.17. The monoisotopic (exact) mass is 246 g/mol. The summed E-state index contributed by atoms with van der Waals surface area (Å²) in [7, 11) is 0. The highest BCUT2D eigenvalue weighted by molar-refractivity contribution is 5.96. The fourth-order valence-electron chi connectivity index (χ4n) is 2.40. The molecule has 1 saturated heterocycles. The van der Waals surface area contributed by atoms with Crippen LogP contribution in [-0.2, 0) is 14.3 Å². The van der Waals surface area contributed by atoms with Gasteiger partial charge < -0.3 is 4.74 Å². The van der Waals surface area contributed by atoms with Crippen LogP contribution in [0.5, 0.6) is 0 Å². The van der Waals surface area contributed by atoms with Gasteiger partial charge in [-0.3, -0.25) is 4.79 Å². The molecular weight excluding hydrogens is 228 g/mol. The highest BCUT2D eigenvalue weighted by Gasteiger charge is 2.37. The Hall–Kier alpha value is -1.64. The van der Waals surface area contributed by atoms with Crippen molar-refractivity contribution in [1.29, 1.82) is 0 Å². The number of carbonyl (C=O) groups excluding carboxylic acids is 2. The molecule has 1 heterocycles. The minimum atomic E-state index is -0.297. The number of hydrogen-bond donors (Lipinski definition) is 0. The molecule has 0 N–H and O–H groups in total. The molecule has 2 rings (SSSR count). The number of rotatable bonds is 0. The van der Waals surface area contributed by atoms with Gasteiger partial charge in [0.05, 0.1) is 0 Å². The molecule has 2 aliphatic rings. The standard InChI is InChI=1S/C15H18O3/c1-9-4-6-13(16)10(2)5-7-14-12(8-9)11(3)15(17)18-14/h4-5,12,14H,3,6-8H2,1-2H3. The smallest absolute Gasteiger partial charge is 0.334 e. The molecule has 1 aliphatic heterocycles. The van der Waals surface area contributed by atoms with E-state index in [9.17, 15) is 9.59 Å². The third kappa shape index (κ3) is 2.45. The Balaban J connectivity index is 2.29. The van der Waals surface area contributed by atoms with Crippen molar-refractivity contribution >= 4 is 11.8 Å². The van der Waals surface area contributed by atoms with Gasteiger partial charge in [-0.2, -0.15) is 0 Å². The lowest BCUT2D eigenvalue weighted by atomic mass is 9.87. The van der Waals surface area contributed by atoms with Crippen LogP contribution in [0, 0.1) is 5.92 Å². The van der Waals surface area contributed by atoms with Crippen LogP contribution in [0.15, 0.2) is 35.5 Å². The lowest BCUT2D eigenvalue weighted by molar-refractivity contribution is -0.139. The van der Waals surface area contributed by atoms with E-state index in [1.807, 2.05) is 26.0 Å². The van der Waals surface area contributed by atoms with Crippen LogP contribution >= 0.6 is 0 Å². The molecular formula is C15H18O3. The number of allylic oxidation sites excluding steroid dienone is 3. The maximum absolute atomic E-state index is 11.8. The maximum Gasteiger partial charge on any atom is 0.334 e. The molecule has 2 atom stereocenters. The van der Waals surface area contributed by atoms with Crippen LogP contribution < -0.4 is 0 Å². The third-order valence-corrected chi connectivity index (χ3v) is 3.69. The zero-order valence-electron chi connectivity index (χ0n) is 10.9. The topological polar surface area (TPSA) is 43.4 Å². The first-order chi connectivity index (χ1) is 8.49. The number of hydrogen-bond acceptors (Lipinski definition) is 3. The van der Waals surface area contributed by atoms with Crippen molar-refractivity contribution in [2.45, 2.75) is 39.2 Å². The average Bonchev–Trinajstić information content (AvgIpc) is 2.60. The Bertz CT molecular complexity index is 468. The van der Waals surface area contributed by atoms with Gasteiger partial charge in [0.1, 0.15) is 6.10 Å². The molecule has 0 aromatic heterocycles. The van der Waals surface area contributed by atoms with Crippen LogP contribution in [0.25, 0.3) is 0 Å². The Labute approximate surface area is 107 Å². The molecule has 0 spiro atoms. The molecule has 0 radical (unpaired) electrons.